The molecule has 0 aliphatic heterocycles. The van der Waals surface area contributed by atoms with Gasteiger partial charge in [0.1, 0.15) is 0 Å². The summed E-state index contributed by atoms with van der Waals surface area (Å²) in [5, 5.41) is 0. The largest absolute Gasteiger partial charge is 0.297 e. The molecule has 0 aliphatic rings. The number of nitrogens with zero attached hydrogens (tertiary/aromatic N) is 1. The Morgan fingerprint density at radius 2 is 1.69 bits per heavy atom. The summed E-state index contributed by atoms with van der Waals surface area (Å²) in [5.41, 5.74) is 3.03. The zero-order valence-corrected chi connectivity index (χ0v) is 9.72. The molecule has 0 fully saturated rings. The second-order valence-electron chi connectivity index (χ2n) is 3.95. The minimum atomic E-state index is 0.132. The number of rotatable bonds is 6. The average molecular weight is 187 g/mol. The Morgan fingerprint density at radius 1 is 1.23 bits per heavy atom. The van der Waals surface area contributed by atoms with Crippen LogP contribution in [0.1, 0.15) is 41.0 Å². The van der Waals surface area contributed by atoms with Crippen LogP contribution in [0.5, 0.6) is 0 Å². The predicted molar refractivity (Wildman–Crippen MR) is 58.4 cm³/mol. The van der Waals surface area contributed by atoms with Crippen molar-refractivity contribution in [3.05, 3.63) is 0 Å². The van der Waals surface area contributed by atoms with Gasteiger partial charge >= 0.3 is 0 Å². The van der Waals surface area contributed by atoms with E-state index in [1.807, 2.05) is 0 Å². The first kappa shape index (κ1) is 12.9. The molecule has 0 spiro atoms. The van der Waals surface area contributed by atoms with Crippen molar-refractivity contribution < 1.29 is 0 Å². The van der Waals surface area contributed by atoms with Crippen LogP contribution in [0.3, 0.4) is 0 Å². The molecule has 0 saturated heterocycles. The molecule has 0 aromatic heterocycles. The predicted octanol–water partition coefficient (Wildman–Crippen LogP) is 1.35. The van der Waals surface area contributed by atoms with E-state index >= 15 is 0 Å². The van der Waals surface area contributed by atoms with Gasteiger partial charge in [0.05, 0.1) is 0 Å². The lowest BCUT2D eigenvalue weighted by atomic mass is 9.91. The van der Waals surface area contributed by atoms with Crippen LogP contribution in [0.4, 0.5) is 0 Å². The van der Waals surface area contributed by atoms with Crippen molar-refractivity contribution in [3.63, 3.8) is 0 Å². The van der Waals surface area contributed by atoms with Gasteiger partial charge in [-0.15, -0.1) is 0 Å². The molecule has 0 amide bonds. The van der Waals surface area contributed by atoms with Crippen LogP contribution < -0.4 is 11.3 Å². The van der Waals surface area contributed by atoms with Crippen molar-refractivity contribution in [1.82, 2.24) is 10.3 Å². The van der Waals surface area contributed by atoms with Crippen LogP contribution in [0.25, 0.3) is 0 Å². The van der Waals surface area contributed by atoms with Crippen molar-refractivity contribution in [2.75, 3.05) is 13.1 Å². The highest BCUT2D eigenvalue weighted by Crippen LogP contribution is 2.20. The average Bonchev–Trinajstić information content (AvgIpc) is 2.07. The first-order valence-electron chi connectivity index (χ1n) is 5.25. The zero-order valence-electron chi connectivity index (χ0n) is 9.72. The standard InChI is InChI=1S/C10H25N3/c1-6-9(12-11)10(4,5)13(7-2)8-3/h9,12H,6-8,11H2,1-5H3. The third-order valence-corrected chi connectivity index (χ3v) is 3.04. The highest BCUT2D eigenvalue weighted by atomic mass is 15.3. The molecule has 0 aromatic carbocycles. The molecule has 0 rings (SSSR count). The van der Waals surface area contributed by atoms with E-state index in [1.165, 1.54) is 0 Å². The highest BCUT2D eigenvalue weighted by molar-refractivity contribution is 4.91. The minimum Gasteiger partial charge on any atom is -0.297 e. The number of nitrogens with one attached hydrogen (secondary N) is 1. The minimum absolute atomic E-state index is 0.132. The van der Waals surface area contributed by atoms with Gasteiger partial charge in [-0.2, -0.15) is 0 Å². The number of likely N-dealkylation sites (N-methyl/N-ethyl adjacent to an activating group) is 1. The van der Waals surface area contributed by atoms with E-state index in [4.69, 9.17) is 5.84 Å². The third kappa shape index (κ3) is 2.93. The maximum Gasteiger partial charge on any atom is 0.0386 e. The van der Waals surface area contributed by atoms with Crippen LogP contribution in [-0.2, 0) is 0 Å². The first-order valence-corrected chi connectivity index (χ1v) is 5.25. The van der Waals surface area contributed by atoms with Crippen LogP contribution in [0, 0.1) is 0 Å². The fourth-order valence-corrected chi connectivity index (χ4v) is 2.08. The van der Waals surface area contributed by atoms with Gasteiger partial charge in [0, 0.05) is 11.6 Å². The fraction of sp³-hybridized carbons (Fsp3) is 1.00. The molecule has 0 bridgehead atoms. The summed E-state index contributed by atoms with van der Waals surface area (Å²) in [6.07, 6.45) is 1.06. The molecule has 0 aromatic rings. The second-order valence-corrected chi connectivity index (χ2v) is 3.95. The molecule has 0 saturated carbocycles. The maximum atomic E-state index is 5.54. The van der Waals surface area contributed by atoms with Gasteiger partial charge in [-0.25, -0.2) is 0 Å². The summed E-state index contributed by atoms with van der Waals surface area (Å²) in [5.74, 6) is 5.54. The molecule has 1 unspecified atom stereocenters. The lowest BCUT2D eigenvalue weighted by molar-refractivity contribution is 0.0896. The SMILES string of the molecule is CCC(NN)C(C)(C)N(CC)CC. The summed E-state index contributed by atoms with van der Waals surface area (Å²) in [6.45, 7) is 13.2. The maximum absolute atomic E-state index is 5.54. The molecule has 1 atom stereocenters. The molecular weight excluding hydrogens is 162 g/mol. The van der Waals surface area contributed by atoms with Gasteiger partial charge in [-0.3, -0.25) is 16.2 Å². The number of nitrogens with two attached hydrogens (primary N) is 1. The highest BCUT2D eigenvalue weighted by Gasteiger charge is 2.31. The number of hydrazine groups is 1. The summed E-state index contributed by atoms with van der Waals surface area (Å²) in [7, 11) is 0. The van der Waals surface area contributed by atoms with Gasteiger partial charge in [-0.05, 0) is 33.4 Å². The summed E-state index contributed by atoms with van der Waals surface area (Å²) >= 11 is 0. The van der Waals surface area contributed by atoms with Crippen molar-refractivity contribution in [2.24, 2.45) is 5.84 Å². The Kier molecular flexibility index (Phi) is 5.53. The van der Waals surface area contributed by atoms with Gasteiger partial charge in [-0.1, -0.05) is 20.8 Å². The van der Waals surface area contributed by atoms with Gasteiger partial charge in [0.15, 0.2) is 0 Å². The summed E-state index contributed by atoms with van der Waals surface area (Å²) in [6, 6.07) is 0.354. The molecule has 0 aliphatic carbocycles. The normalized spacial score (nSPS) is 15.0. The van der Waals surface area contributed by atoms with E-state index in [-0.39, 0.29) is 5.54 Å². The molecule has 0 radical (unpaired) electrons. The van der Waals surface area contributed by atoms with Crippen molar-refractivity contribution in [3.8, 4) is 0 Å². The van der Waals surface area contributed by atoms with E-state index in [9.17, 15) is 0 Å². The van der Waals surface area contributed by atoms with E-state index in [2.05, 4.69) is 44.9 Å². The van der Waals surface area contributed by atoms with Gasteiger partial charge in [0.2, 0.25) is 0 Å². The van der Waals surface area contributed by atoms with Crippen molar-refractivity contribution in [1.29, 1.82) is 0 Å². The fourth-order valence-electron chi connectivity index (χ4n) is 2.08. The molecule has 3 heteroatoms. The van der Waals surface area contributed by atoms with Crippen LogP contribution >= 0.6 is 0 Å². The Balaban J connectivity index is 4.48. The van der Waals surface area contributed by atoms with Gasteiger partial charge < -0.3 is 0 Å². The van der Waals surface area contributed by atoms with Gasteiger partial charge in [0.25, 0.3) is 0 Å². The lowest BCUT2D eigenvalue weighted by Crippen LogP contribution is -2.59. The molecular formula is C10H25N3. The first-order chi connectivity index (χ1) is 6.04. The van der Waals surface area contributed by atoms with Crippen LogP contribution in [-0.4, -0.2) is 29.6 Å². The summed E-state index contributed by atoms with van der Waals surface area (Å²) < 4.78 is 0. The number of hydrogen-bond donors (Lipinski definition) is 2. The van der Waals surface area contributed by atoms with Crippen molar-refractivity contribution in [2.45, 2.75) is 52.6 Å². The smallest absolute Gasteiger partial charge is 0.0386 e. The molecule has 13 heavy (non-hydrogen) atoms. The molecule has 80 valence electrons. The Hall–Kier alpha value is -0.120. The van der Waals surface area contributed by atoms with Crippen LogP contribution in [0.2, 0.25) is 0 Å². The molecule has 0 heterocycles. The van der Waals surface area contributed by atoms with E-state index in [1.54, 1.807) is 0 Å². The third-order valence-electron chi connectivity index (χ3n) is 3.04. The lowest BCUT2D eigenvalue weighted by Gasteiger charge is -2.42. The topological polar surface area (TPSA) is 41.3 Å². The van der Waals surface area contributed by atoms with E-state index < -0.39 is 0 Å². The monoisotopic (exact) mass is 187 g/mol. The van der Waals surface area contributed by atoms with E-state index in [0.717, 1.165) is 19.5 Å². The van der Waals surface area contributed by atoms with Crippen LogP contribution in [0.15, 0.2) is 0 Å². The van der Waals surface area contributed by atoms with Crippen molar-refractivity contribution >= 4 is 0 Å². The van der Waals surface area contributed by atoms with E-state index in [0.29, 0.717) is 6.04 Å². The molecule has 3 nitrogen and oxygen atoms in total. The Bertz CT molecular complexity index is 112. The summed E-state index contributed by atoms with van der Waals surface area (Å²) in [4.78, 5) is 2.43. The molecule has 3 N–H and O–H groups in total. The zero-order chi connectivity index (χ0) is 10.5. The quantitative estimate of drug-likeness (QED) is 0.487. The Morgan fingerprint density at radius 3 is 1.92 bits per heavy atom. The Labute approximate surface area is 82.6 Å². The number of hydrogen-bond acceptors (Lipinski definition) is 3. The second kappa shape index (κ2) is 5.58.